The van der Waals surface area contributed by atoms with E-state index in [-0.39, 0.29) is 23.5 Å². The fourth-order valence-electron chi connectivity index (χ4n) is 4.77. The maximum atomic E-state index is 12.1. The van der Waals surface area contributed by atoms with Gasteiger partial charge in [-0.3, -0.25) is 9.69 Å². The minimum atomic E-state index is 0.0120. The average Bonchev–Trinajstić information content (AvgIpc) is 2.47. The fourth-order valence-corrected chi connectivity index (χ4v) is 4.77. The maximum absolute atomic E-state index is 12.1. The Kier molecular flexibility index (Phi) is 2.44. The highest BCUT2D eigenvalue weighted by molar-refractivity contribution is 5.73. The summed E-state index contributed by atoms with van der Waals surface area (Å²) in [5, 5.41) is 0. The second kappa shape index (κ2) is 3.95. The molecular formula is C16H21NO2. The molecule has 4 rings (SSSR count). The molecule has 0 aromatic rings. The summed E-state index contributed by atoms with van der Waals surface area (Å²) in [4.78, 5) is 14.7. The van der Waals surface area contributed by atoms with Crippen molar-refractivity contribution in [2.45, 2.75) is 44.2 Å². The second-order valence-electron chi connectivity index (χ2n) is 6.50. The van der Waals surface area contributed by atoms with Gasteiger partial charge in [-0.2, -0.15) is 0 Å². The molecule has 0 aromatic carbocycles. The van der Waals surface area contributed by atoms with Crippen LogP contribution in [0.15, 0.2) is 23.8 Å². The number of hydrogen-bond acceptors (Lipinski definition) is 3. The van der Waals surface area contributed by atoms with Crippen molar-refractivity contribution in [3.05, 3.63) is 23.8 Å². The SMILES string of the molecule is C[C@@H]1C[C@@]23C4=CC[C@@H](OC1=O)[C@H]2CCCN3CC=C4. The predicted molar refractivity (Wildman–Crippen MR) is 72.5 cm³/mol. The minimum Gasteiger partial charge on any atom is -0.461 e. The van der Waals surface area contributed by atoms with Gasteiger partial charge in [-0.1, -0.05) is 25.2 Å². The van der Waals surface area contributed by atoms with E-state index in [1.807, 2.05) is 6.92 Å². The smallest absolute Gasteiger partial charge is 0.309 e. The molecule has 3 heterocycles. The van der Waals surface area contributed by atoms with Gasteiger partial charge in [0.05, 0.1) is 11.5 Å². The molecule has 0 unspecified atom stereocenters. The molecule has 19 heavy (non-hydrogen) atoms. The summed E-state index contributed by atoms with van der Waals surface area (Å²) in [6, 6.07) is 0. The van der Waals surface area contributed by atoms with Gasteiger partial charge in [-0.15, -0.1) is 0 Å². The van der Waals surface area contributed by atoms with Crippen LogP contribution in [0, 0.1) is 11.8 Å². The zero-order chi connectivity index (χ0) is 13.0. The maximum Gasteiger partial charge on any atom is 0.309 e. The van der Waals surface area contributed by atoms with E-state index in [4.69, 9.17) is 4.74 Å². The Morgan fingerprint density at radius 2 is 2.37 bits per heavy atom. The molecule has 3 heteroatoms. The van der Waals surface area contributed by atoms with Gasteiger partial charge in [-0.25, -0.2) is 0 Å². The van der Waals surface area contributed by atoms with Crippen LogP contribution in [-0.4, -0.2) is 35.6 Å². The van der Waals surface area contributed by atoms with E-state index in [1.165, 1.54) is 18.4 Å². The molecule has 2 saturated heterocycles. The summed E-state index contributed by atoms with van der Waals surface area (Å²) in [7, 11) is 0. The van der Waals surface area contributed by atoms with Crippen molar-refractivity contribution in [1.82, 2.24) is 4.90 Å². The lowest BCUT2D eigenvalue weighted by atomic mass is 9.62. The van der Waals surface area contributed by atoms with Crippen molar-refractivity contribution >= 4 is 5.97 Å². The average molecular weight is 259 g/mol. The van der Waals surface area contributed by atoms with E-state index in [9.17, 15) is 4.79 Å². The van der Waals surface area contributed by atoms with Gasteiger partial charge in [0.25, 0.3) is 0 Å². The molecule has 0 saturated carbocycles. The van der Waals surface area contributed by atoms with E-state index in [0.717, 1.165) is 25.9 Å². The van der Waals surface area contributed by atoms with Crippen LogP contribution in [0.5, 0.6) is 0 Å². The molecule has 4 aliphatic rings. The summed E-state index contributed by atoms with van der Waals surface area (Å²) in [6.07, 6.45) is 11.3. The zero-order valence-electron chi connectivity index (χ0n) is 11.5. The molecule has 3 aliphatic heterocycles. The summed E-state index contributed by atoms with van der Waals surface area (Å²) in [5.74, 6) is 0.527. The van der Waals surface area contributed by atoms with Gasteiger partial charge in [-0.05, 0) is 31.4 Å². The van der Waals surface area contributed by atoms with Crippen LogP contribution in [-0.2, 0) is 9.53 Å². The van der Waals surface area contributed by atoms with Crippen molar-refractivity contribution in [3.63, 3.8) is 0 Å². The van der Waals surface area contributed by atoms with Crippen LogP contribution in [0.1, 0.15) is 32.6 Å². The number of carbonyl (C=O) groups excluding carboxylic acids is 1. The summed E-state index contributed by atoms with van der Waals surface area (Å²) in [6.45, 7) is 4.22. The van der Waals surface area contributed by atoms with Crippen LogP contribution in [0.25, 0.3) is 0 Å². The first-order chi connectivity index (χ1) is 9.22. The monoisotopic (exact) mass is 259 g/mol. The molecule has 1 spiro atoms. The fraction of sp³-hybridized carbons (Fsp3) is 0.688. The van der Waals surface area contributed by atoms with Crippen LogP contribution >= 0.6 is 0 Å². The van der Waals surface area contributed by atoms with Crippen molar-refractivity contribution in [2.75, 3.05) is 13.1 Å². The van der Waals surface area contributed by atoms with Crippen molar-refractivity contribution in [3.8, 4) is 0 Å². The van der Waals surface area contributed by atoms with E-state index in [2.05, 4.69) is 23.1 Å². The van der Waals surface area contributed by atoms with Crippen molar-refractivity contribution in [2.24, 2.45) is 11.8 Å². The second-order valence-corrected chi connectivity index (χ2v) is 6.50. The molecule has 2 bridgehead atoms. The minimum absolute atomic E-state index is 0.0120. The van der Waals surface area contributed by atoms with Gasteiger partial charge in [0, 0.05) is 18.9 Å². The van der Waals surface area contributed by atoms with Gasteiger partial charge in [0.15, 0.2) is 0 Å². The Hall–Kier alpha value is -1.09. The third-order valence-corrected chi connectivity index (χ3v) is 5.55. The zero-order valence-corrected chi connectivity index (χ0v) is 11.5. The highest BCUT2D eigenvalue weighted by Gasteiger charge is 2.57. The van der Waals surface area contributed by atoms with E-state index in [0.29, 0.717) is 5.92 Å². The van der Waals surface area contributed by atoms with Gasteiger partial charge in [0.1, 0.15) is 6.10 Å². The van der Waals surface area contributed by atoms with Gasteiger partial charge >= 0.3 is 5.97 Å². The van der Waals surface area contributed by atoms with Crippen LogP contribution in [0.2, 0.25) is 0 Å². The number of esters is 1. The Labute approximate surface area is 114 Å². The van der Waals surface area contributed by atoms with Crippen LogP contribution < -0.4 is 0 Å². The highest BCUT2D eigenvalue weighted by atomic mass is 16.5. The first-order valence-electron chi connectivity index (χ1n) is 7.54. The molecule has 3 nitrogen and oxygen atoms in total. The Balaban J connectivity index is 1.89. The molecule has 4 atom stereocenters. The molecule has 2 fully saturated rings. The Bertz CT molecular complexity index is 481. The normalized spacial score (nSPS) is 45.0. The van der Waals surface area contributed by atoms with Gasteiger partial charge < -0.3 is 4.74 Å². The lowest BCUT2D eigenvalue weighted by Gasteiger charge is -2.57. The van der Waals surface area contributed by atoms with E-state index < -0.39 is 0 Å². The molecule has 0 amide bonds. The lowest BCUT2D eigenvalue weighted by molar-refractivity contribution is -0.154. The number of ether oxygens (including phenoxy) is 1. The lowest BCUT2D eigenvalue weighted by Crippen LogP contribution is -2.63. The Morgan fingerprint density at radius 1 is 1.47 bits per heavy atom. The predicted octanol–water partition coefficient (Wildman–Crippen LogP) is 2.29. The number of nitrogens with zero attached hydrogens (tertiary/aromatic N) is 1. The standard InChI is InChI=1S/C16H21NO2/c1-11-10-16-12-4-2-8-17(16)9-3-5-13(16)14(7-6-12)19-15(11)18/h2,4,6,11,13-14H,3,5,7-10H2,1H3/t11-,13-,14-,16-/m1/s1. The van der Waals surface area contributed by atoms with Crippen molar-refractivity contribution < 1.29 is 9.53 Å². The van der Waals surface area contributed by atoms with E-state index >= 15 is 0 Å². The number of piperidine rings is 1. The van der Waals surface area contributed by atoms with Gasteiger partial charge in [0.2, 0.25) is 0 Å². The number of carbonyl (C=O) groups is 1. The first-order valence-corrected chi connectivity index (χ1v) is 7.54. The number of rotatable bonds is 0. The van der Waals surface area contributed by atoms with Crippen LogP contribution in [0.4, 0.5) is 0 Å². The molecule has 102 valence electrons. The largest absolute Gasteiger partial charge is 0.461 e. The molecule has 0 aromatic heterocycles. The quantitative estimate of drug-likeness (QED) is 0.625. The molecule has 0 radical (unpaired) electrons. The first kappa shape index (κ1) is 11.7. The topological polar surface area (TPSA) is 29.5 Å². The van der Waals surface area contributed by atoms with E-state index in [1.54, 1.807) is 0 Å². The third-order valence-electron chi connectivity index (χ3n) is 5.55. The molecular weight excluding hydrogens is 238 g/mol. The Morgan fingerprint density at radius 3 is 3.26 bits per heavy atom. The van der Waals surface area contributed by atoms with Crippen LogP contribution in [0.3, 0.4) is 0 Å². The molecule has 1 aliphatic carbocycles. The highest BCUT2D eigenvalue weighted by Crippen LogP contribution is 2.52. The summed E-state index contributed by atoms with van der Waals surface area (Å²) < 4.78 is 5.79. The summed E-state index contributed by atoms with van der Waals surface area (Å²) >= 11 is 0. The third kappa shape index (κ3) is 1.45. The summed E-state index contributed by atoms with van der Waals surface area (Å²) in [5.41, 5.74) is 1.53. The number of hydrogen-bond donors (Lipinski definition) is 0. The van der Waals surface area contributed by atoms with Crippen molar-refractivity contribution in [1.29, 1.82) is 0 Å². The molecule has 0 N–H and O–H groups in total.